The third kappa shape index (κ3) is 14.3. The summed E-state index contributed by atoms with van der Waals surface area (Å²) in [6, 6.07) is 4.79. The fourth-order valence-corrected chi connectivity index (χ4v) is 4.16. The SMILES string of the molecule is CCCCCCCCCCCCCCCCCCCC(=O)Nc1ccc(C(=O)O)cc1C. The molecule has 1 aromatic carbocycles. The van der Waals surface area contributed by atoms with E-state index < -0.39 is 5.97 Å². The van der Waals surface area contributed by atoms with Crippen molar-refractivity contribution in [3.05, 3.63) is 29.3 Å². The molecular weight excluding hydrogens is 398 g/mol. The molecule has 0 bridgehead atoms. The molecule has 0 saturated heterocycles. The Bertz CT molecular complexity index is 642. The molecule has 4 nitrogen and oxygen atoms in total. The van der Waals surface area contributed by atoms with Gasteiger partial charge in [0, 0.05) is 12.1 Å². The summed E-state index contributed by atoms with van der Waals surface area (Å²) in [6.07, 6.45) is 23.2. The van der Waals surface area contributed by atoms with Crippen molar-refractivity contribution in [1.82, 2.24) is 0 Å². The first-order valence-corrected chi connectivity index (χ1v) is 13.2. The van der Waals surface area contributed by atoms with Crippen molar-refractivity contribution in [1.29, 1.82) is 0 Å². The molecular formula is C28H47NO3. The van der Waals surface area contributed by atoms with Crippen LogP contribution in [0, 0.1) is 6.92 Å². The number of nitrogens with one attached hydrogen (secondary N) is 1. The second kappa shape index (κ2) is 18.7. The Kier molecular flexibility index (Phi) is 16.5. The molecule has 0 unspecified atom stereocenters. The van der Waals surface area contributed by atoms with Gasteiger partial charge in [0.1, 0.15) is 0 Å². The van der Waals surface area contributed by atoms with Crippen molar-refractivity contribution >= 4 is 17.6 Å². The molecule has 0 heterocycles. The van der Waals surface area contributed by atoms with Crippen LogP contribution >= 0.6 is 0 Å². The van der Waals surface area contributed by atoms with E-state index in [1.807, 2.05) is 6.92 Å². The maximum Gasteiger partial charge on any atom is 0.335 e. The number of unbranched alkanes of at least 4 members (excludes halogenated alkanes) is 16. The van der Waals surface area contributed by atoms with E-state index in [1.165, 1.54) is 102 Å². The minimum atomic E-state index is -0.950. The van der Waals surface area contributed by atoms with Crippen LogP contribution in [0.15, 0.2) is 18.2 Å². The smallest absolute Gasteiger partial charge is 0.335 e. The van der Waals surface area contributed by atoms with Gasteiger partial charge in [0.15, 0.2) is 0 Å². The summed E-state index contributed by atoms with van der Waals surface area (Å²) in [5, 5.41) is 11.9. The number of hydrogen-bond donors (Lipinski definition) is 2. The molecule has 0 spiro atoms. The Balaban J connectivity index is 1.90. The van der Waals surface area contributed by atoms with E-state index in [9.17, 15) is 9.59 Å². The molecule has 182 valence electrons. The minimum Gasteiger partial charge on any atom is -0.478 e. The zero-order chi connectivity index (χ0) is 23.4. The Hall–Kier alpha value is -1.84. The summed E-state index contributed by atoms with van der Waals surface area (Å²) in [4.78, 5) is 23.1. The number of rotatable bonds is 20. The summed E-state index contributed by atoms with van der Waals surface area (Å²) in [6.45, 7) is 4.09. The van der Waals surface area contributed by atoms with Crippen molar-refractivity contribution in [2.24, 2.45) is 0 Å². The van der Waals surface area contributed by atoms with Crippen molar-refractivity contribution in [3.63, 3.8) is 0 Å². The van der Waals surface area contributed by atoms with E-state index in [1.54, 1.807) is 12.1 Å². The van der Waals surface area contributed by atoms with Crippen LogP contribution in [0.25, 0.3) is 0 Å². The molecule has 0 aliphatic heterocycles. The van der Waals surface area contributed by atoms with Gasteiger partial charge in [0.2, 0.25) is 5.91 Å². The Morgan fingerprint density at radius 1 is 0.719 bits per heavy atom. The number of carboxylic acids is 1. The van der Waals surface area contributed by atoms with Gasteiger partial charge >= 0.3 is 5.97 Å². The highest BCUT2D eigenvalue weighted by molar-refractivity contribution is 5.93. The number of aromatic carboxylic acids is 1. The number of carbonyl (C=O) groups is 2. The Morgan fingerprint density at radius 2 is 1.16 bits per heavy atom. The van der Waals surface area contributed by atoms with Gasteiger partial charge in [0.05, 0.1) is 5.56 Å². The molecule has 0 fully saturated rings. The zero-order valence-electron chi connectivity index (χ0n) is 20.7. The van der Waals surface area contributed by atoms with E-state index in [2.05, 4.69) is 12.2 Å². The summed E-state index contributed by atoms with van der Waals surface area (Å²) >= 11 is 0. The molecule has 0 atom stereocenters. The number of benzene rings is 1. The van der Waals surface area contributed by atoms with Crippen LogP contribution in [0.5, 0.6) is 0 Å². The second-order valence-electron chi connectivity index (χ2n) is 9.29. The average molecular weight is 446 g/mol. The van der Waals surface area contributed by atoms with Crippen LogP contribution in [0.3, 0.4) is 0 Å². The quantitative estimate of drug-likeness (QED) is 0.197. The van der Waals surface area contributed by atoms with Crippen molar-refractivity contribution < 1.29 is 14.7 Å². The van der Waals surface area contributed by atoms with Gasteiger partial charge in [-0.05, 0) is 37.1 Å². The lowest BCUT2D eigenvalue weighted by Gasteiger charge is -2.09. The number of aryl methyl sites for hydroxylation is 1. The van der Waals surface area contributed by atoms with Gasteiger partial charge in [-0.15, -0.1) is 0 Å². The van der Waals surface area contributed by atoms with Crippen LogP contribution < -0.4 is 5.32 Å². The third-order valence-corrected chi connectivity index (χ3v) is 6.25. The molecule has 1 amide bonds. The normalized spacial score (nSPS) is 10.9. The summed E-state index contributed by atoms with van der Waals surface area (Å²) in [5.41, 5.74) is 1.72. The minimum absolute atomic E-state index is 0.0112. The van der Waals surface area contributed by atoms with Gasteiger partial charge in [-0.1, -0.05) is 110 Å². The molecule has 0 aromatic heterocycles. The first kappa shape index (κ1) is 28.2. The molecule has 1 aromatic rings. The number of anilines is 1. The molecule has 2 N–H and O–H groups in total. The summed E-state index contributed by atoms with van der Waals surface area (Å²) < 4.78 is 0. The van der Waals surface area contributed by atoms with Crippen LogP contribution in [-0.2, 0) is 4.79 Å². The first-order chi connectivity index (χ1) is 15.5. The third-order valence-electron chi connectivity index (χ3n) is 6.25. The highest BCUT2D eigenvalue weighted by atomic mass is 16.4. The van der Waals surface area contributed by atoms with E-state index in [4.69, 9.17) is 5.11 Å². The van der Waals surface area contributed by atoms with Crippen LogP contribution in [-0.4, -0.2) is 17.0 Å². The standard InChI is InChI=1S/C28H47NO3/c1-3-4-5-6-7-8-9-10-11-12-13-14-15-16-17-18-19-20-27(30)29-26-22-21-25(28(31)32)23-24(26)2/h21-23H,3-20H2,1-2H3,(H,29,30)(H,31,32). The van der Waals surface area contributed by atoms with E-state index in [-0.39, 0.29) is 11.5 Å². The lowest BCUT2D eigenvalue weighted by molar-refractivity contribution is -0.116. The van der Waals surface area contributed by atoms with Gasteiger partial charge in [-0.2, -0.15) is 0 Å². The lowest BCUT2D eigenvalue weighted by Crippen LogP contribution is -2.12. The monoisotopic (exact) mass is 445 g/mol. The molecule has 32 heavy (non-hydrogen) atoms. The molecule has 0 aliphatic carbocycles. The fraction of sp³-hybridized carbons (Fsp3) is 0.714. The lowest BCUT2D eigenvalue weighted by atomic mass is 10.0. The number of carbonyl (C=O) groups excluding carboxylic acids is 1. The fourth-order valence-electron chi connectivity index (χ4n) is 4.16. The van der Waals surface area contributed by atoms with E-state index in [0.717, 1.165) is 18.4 Å². The van der Waals surface area contributed by atoms with Crippen molar-refractivity contribution in [3.8, 4) is 0 Å². The Labute approximate surface area is 196 Å². The predicted molar refractivity (Wildman–Crippen MR) is 136 cm³/mol. The van der Waals surface area contributed by atoms with Gasteiger partial charge in [-0.3, -0.25) is 4.79 Å². The van der Waals surface area contributed by atoms with Crippen LogP contribution in [0.4, 0.5) is 5.69 Å². The largest absolute Gasteiger partial charge is 0.478 e. The van der Waals surface area contributed by atoms with Gasteiger partial charge in [0.25, 0.3) is 0 Å². The zero-order valence-corrected chi connectivity index (χ0v) is 20.7. The van der Waals surface area contributed by atoms with Crippen molar-refractivity contribution in [2.75, 3.05) is 5.32 Å². The highest BCUT2D eigenvalue weighted by Gasteiger charge is 2.08. The maximum absolute atomic E-state index is 12.1. The number of carboxylic acid groups (broad SMARTS) is 1. The van der Waals surface area contributed by atoms with Gasteiger partial charge < -0.3 is 10.4 Å². The molecule has 1 rings (SSSR count). The molecule has 0 radical (unpaired) electrons. The summed E-state index contributed by atoms with van der Waals surface area (Å²) in [7, 11) is 0. The van der Waals surface area contributed by atoms with E-state index in [0.29, 0.717) is 12.1 Å². The molecule has 0 saturated carbocycles. The first-order valence-electron chi connectivity index (χ1n) is 13.2. The van der Waals surface area contributed by atoms with Gasteiger partial charge in [-0.25, -0.2) is 4.79 Å². The summed E-state index contributed by atoms with van der Waals surface area (Å²) in [5.74, 6) is -0.938. The number of amides is 1. The van der Waals surface area contributed by atoms with Crippen molar-refractivity contribution in [2.45, 2.75) is 129 Å². The second-order valence-corrected chi connectivity index (χ2v) is 9.29. The van der Waals surface area contributed by atoms with E-state index >= 15 is 0 Å². The maximum atomic E-state index is 12.1. The Morgan fingerprint density at radius 3 is 1.56 bits per heavy atom. The van der Waals surface area contributed by atoms with Crippen LogP contribution in [0.2, 0.25) is 0 Å². The molecule has 4 heteroatoms. The average Bonchev–Trinajstić information content (AvgIpc) is 2.77. The number of hydrogen-bond acceptors (Lipinski definition) is 2. The molecule has 0 aliphatic rings. The topological polar surface area (TPSA) is 66.4 Å². The predicted octanol–water partition coefficient (Wildman–Crippen LogP) is 8.67. The van der Waals surface area contributed by atoms with Crippen LogP contribution in [0.1, 0.15) is 138 Å². The highest BCUT2D eigenvalue weighted by Crippen LogP contribution is 2.18.